The fourth-order valence-electron chi connectivity index (χ4n) is 2.52. The highest BCUT2D eigenvalue weighted by atomic mass is 32.2. The summed E-state index contributed by atoms with van der Waals surface area (Å²) >= 11 is 1.70. The fraction of sp³-hybridized carbons (Fsp3) is 0.278. The van der Waals surface area contributed by atoms with E-state index in [4.69, 9.17) is 4.74 Å². The highest BCUT2D eigenvalue weighted by Gasteiger charge is 2.22. The molecule has 0 saturated carbocycles. The molecule has 0 amide bonds. The second-order valence-corrected chi connectivity index (χ2v) is 5.99. The van der Waals surface area contributed by atoms with E-state index in [2.05, 4.69) is 46.9 Å². The van der Waals surface area contributed by atoms with Gasteiger partial charge >= 0.3 is 0 Å². The Morgan fingerprint density at radius 2 is 1.91 bits per heavy atom. The molecule has 0 aromatic heterocycles. The first kappa shape index (κ1) is 15.0. The number of aliphatic imine (C=N–C) groups is 1. The van der Waals surface area contributed by atoms with Gasteiger partial charge in [0.1, 0.15) is 11.6 Å². The van der Waals surface area contributed by atoms with Crippen molar-refractivity contribution in [1.82, 2.24) is 5.32 Å². The van der Waals surface area contributed by atoms with Crippen LogP contribution in [0.15, 0.2) is 64.5 Å². The molecule has 1 N–H and O–H groups in total. The third-order valence-corrected chi connectivity index (χ3v) is 4.38. The van der Waals surface area contributed by atoms with Gasteiger partial charge < -0.3 is 10.1 Å². The maximum absolute atomic E-state index is 6.31. The van der Waals surface area contributed by atoms with E-state index < -0.39 is 0 Å². The average molecular weight is 312 g/mol. The lowest BCUT2D eigenvalue weighted by molar-refractivity contribution is 0.258. The third kappa shape index (κ3) is 3.63. The summed E-state index contributed by atoms with van der Waals surface area (Å²) in [6, 6.07) is 18.6. The summed E-state index contributed by atoms with van der Waals surface area (Å²) < 4.78 is 6.31. The molecule has 114 valence electrons. The number of ether oxygens (including phenoxy) is 1. The maximum Gasteiger partial charge on any atom is 0.159 e. The van der Waals surface area contributed by atoms with Crippen LogP contribution in [0.4, 0.5) is 0 Å². The molecule has 3 nitrogen and oxygen atoms in total. The summed E-state index contributed by atoms with van der Waals surface area (Å²) in [6.07, 6.45) is 2.81. The summed E-state index contributed by atoms with van der Waals surface area (Å²) in [5, 5.41) is 3.35. The van der Waals surface area contributed by atoms with Gasteiger partial charge in [-0.05, 0) is 24.0 Å². The van der Waals surface area contributed by atoms with Crippen LogP contribution < -0.4 is 10.1 Å². The van der Waals surface area contributed by atoms with E-state index in [9.17, 15) is 0 Å². The second kappa shape index (κ2) is 7.36. The van der Waals surface area contributed by atoms with Crippen molar-refractivity contribution < 1.29 is 4.74 Å². The van der Waals surface area contributed by atoms with Crippen molar-refractivity contribution in [2.45, 2.75) is 17.4 Å². The van der Waals surface area contributed by atoms with Crippen LogP contribution in [0.3, 0.4) is 0 Å². The van der Waals surface area contributed by atoms with Crippen molar-refractivity contribution in [3.05, 3.63) is 60.2 Å². The summed E-state index contributed by atoms with van der Waals surface area (Å²) in [6.45, 7) is 1.72. The molecule has 0 saturated heterocycles. The molecule has 2 aromatic carbocycles. The quantitative estimate of drug-likeness (QED) is 0.830. The predicted octanol–water partition coefficient (Wildman–Crippen LogP) is 3.40. The monoisotopic (exact) mass is 312 g/mol. The van der Waals surface area contributed by atoms with E-state index in [0.29, 0.717) is 0 Å². The number of amidine groups is 1. The molecule has 3 rings (SSSR count). The van der Waals surface area contributed by atoms with Gasteiger partial charge in [0.2, 0.25) is 0 Å². The van der Waals surface area contributed by atoms with E-state index in [1.54, 1.807) is 11.8 Å². The Morgan fingerprint density at radius 1 is 1.14 bits per heavy atom. The minimum atomic E-state index is -0.0711. The second-order valence-electron chi connectivity index (χ2n) is 5.14. The van der Waals surface area contributed by atoms with Gasteiger partial charge in [-0.1, -0.05) is 42.5 Å². The Balaban J connectivity index is 1.82. The first-order valence-electron chi connectivity index (χ1n) is 7.48. The largest absolute Gasteiger partial charge is 0.481 e. The molecule has 1 heterocycles. The zero-order chi connectivity index (χ0) is 15.2. The molecule has 1 atom stereocenters. The average Bonchev–Trinajstić information content (AvgIpc) is 3.10. The van der Waals surface area contributed by atoms with E-state index in [1.165, 1.54) is 5.56 Å². The molecule has 0 aliphatic carbocycles. The Labute approximate surface area is 135 Å². The number of nitrogens with zero attached hydrogens (tertiary/aromatic N) is 1. The Hall–Kier alpha value is -1.94. The zero-order valence-corrected chi connectivity index (χ0v) is 13.5. The molecule has 22 heavy (non-hydrogen) atoms. The summed E-state index contributed by atoms with van der Waals surface area (Å²) in [4.78, 5) is 5.71. The molecular formula is C18H20N2OS. The van der Waals surface area contributed by atoms with Gasteiger partial charge in [-0.15, -0.1) is 11.8 Å². The van der Waals surface area contributed by atoms with E-state index in [0.717, 1.165) is 36.0 Å². The number of hydrogen-bond donors (Lipinski definition) is 1. The van der Waals surface area contributed by atoms with Gasteiger partial charge in [-0.2, -0.15) is 0 Å². The summed E-state index contributed by atoms with van der Waals surface area (Å²) in [7, 11) is 0. The van der Waals surface area contributed by atoms with Gasteiger partial charge in [-0.3, -0.25) is 4.99 Å². The zero-order valence-electron chi connectivity index (χ0n) is 12.7. The lowest BCUT2D eigenvalue weighted by atomic mass is 10.1. The van der Waals surface area contributed by atoms with Crippen LogP contribution in [0.5, 0.6) is 5.75 Å². The molecule has 0 fully saturated rings. The number of thioether (sulfide) groups is 1. The van der Waals surface area contributed by atoms with E-state index in [1.807, 2.05) is 24.3 Å². The highest BCUT2D eigenvalue weighted by molar-refractivity contribution is 7.98. The summed E-state index contributed by atoms with van der Waals surface area (Å²) in [5.41, 5.74) is 1.26. The molecule has 1 aliphatic heterocycles. The number of para-hydroxylation sites is 1. The third-order valence-electron chi connectivity index (χ3n) is 3.61. The normalized spacial score (nSPS) is 15.0. The minimum Gasteiger partial charge on any atom is -0.481 e. The van der Waals surface area contributed by atoms with Gasteiger partial charge in [0.15, 0.2) is 6.10 Å². The minimum absolute atomic E-state index is 0.0711. The first-order valence-corrected chi connectivity index (χ1v) is 8.71. The van der Waals surface area contributed by atoms with Crippen LogP contribution in [0.25, 0.3) is 0 Å². The Bertz CT molecular complexity index is 643. The highest BCUT2D eigenvalue weighted by Crippen LogP contribution is 2.28. The standard InChI is InChI=1S/C18H20N2OS/c1-22-17-10-6-5-9-15(17)21-16(18-19-11-12-20-18)13-14-7-3-2-4-8-14/h2-10,16H,11-13H2,1H3,(H,19,20). The van der Waals surface area contributed by atoms with Crippen molar-refractivity contribution in [3.8, 4) is 5.75 Å². The Morgan fingerprint density at radius 3 is 2.64 bits per heavy atom. The lowest BCUT2D eigenvalue weighted by Gasteiger charge is -2.21. The van der Waals surface area contributed by atoms with Gasteiger partial charge in [0.25, 0.3) is 0 Å². The van der Waals surface area contributed by atoms with Crippen molar-refractivity contribution in [2.75, 3.05) is 19.3 Å². The van der Waals surface area contributed by atoms with Crippen LogP contribution >= 0.6 is 11.8 Å². The smallest absolute Gasteiger partial charge is 0.159 e. The van der Waals surface area contributed by atoms with Gasteiger partial charge in [0.05, 0.1) is 6.54 Å². The van der Waals surface area contributed by atoms with Crippen molar-refractivity contribution in [1.29, 1.82) is 0 Å². The van der Waals surface area contributed by atoms with Crippen LogP contribution in [-0.2, 0) is 6.42 Å². The molecule has 0 radical (unpaired) electrons. The number of rotatable bonds is 6. The number of benzene rings is 2. The molecule has 0 spiro atoms. The van der Waals surface area contributed by atoms with Crippen molar-refractivity contribution in [2.24, 2.45) is 4.99 Å². The Kier molecular flexibility index (Phi) is 5.01. The van der Waals surface area contributed by atoms with Gasteiger partial charge in [-0.25, -0.2) is 0 Å². The maximum atomic E-state index is 6.31. The fourth-order valence-corrected chi connectivity index (χ4v) is 3.06. The summed E-state index contributed by atoms with van der Waals surface area (Å²) in [5.74, 6) is 1.88. The van der Waals surface area contributed by atoms with Crippen LogP contribution in [0, 0.1) is 0 Å². The SMILES string of the molecule is CSc1ccccc1OC(Cc1ccccc1)C1=NCCN1. The number of hydrogen-bond acceptors (Lipinski definition) is 4. The van der Waals surface area contributed by atoms with E-state index >= 15 is 0 Å². The number of nitrogens with one attached hydrogen (secondary N) is 1. The van der Waals surface area contributed by atoms with Crippen molar-refractivity contribution >= 4 is 17.6 Å². The molecule has 4 heteroatoms. The topological polar surface area (TPSA) is 33.6 Å². The lowest BCUT2D eigenvalue weighted by Crippen LogP contribution is -2.37. The predicted molar refractivity (Wildman–Crippen MR) is 93.1 cm³/mol. The molecular weight excluding hydrogens is 292 g/mol. The van der Waals surface area contributed by atoms with E-state index in [-0.39, 0.29) is 6.10 Å². The molecule has 0 bridgehead atoms. The van der Waals surface area contributed by atoms with Crippen LogP contribution in [-0.4, -0.2) is 31.3 Å². The molecule has 1 aliphatic rings. The van der Waals surface area contributed by atoms with Crippen molar-refractivity contribution in [3.63, 3.8) is 0 Å². The van der Waals surface area contributed by atoms with Gasteiger partial charge in [0, 0.05) is 17.9 Å². The molecule has 2 aromatic rings. The van der Waals surface area contributed by atoms with Crippen LogP contribution in [0.1, 0.15) is 5.56 Å². The van der Waals surface area contributed by atoms with Crippen LogP contribution in [0.2, 0.25) is 0 Å². The first-order chi connectivity index (χ1) is 10.9. The molecule has 1 unspecified atom stereocenters.